The first-order chi connectivity index (χ1) is 17.5. The van der Waals surface area contributed by atoms with Gasteiger partial charge >= 0.3 is 0 Å². The lowest BCUT2D eigenvalue weighted by molar-refractivity contribution is -0.124. The molecular weight excluding hydrogens is 486 g/mol. The van der Waals surface area contributed by atoms with Crippen LogP contribution in [0.4, 0.5) is 29.1 Å². The van der Waals surface area contributed by atoms with Crippen molar-refractivity contribution in [3.8, 4) is 0 Å². The van der Waals surface area contributed by atoms with Gasteiger partial charge in [-0.2, -0.15) is 0 Å². The number of hydrogen-bond acceptors (Lipinski definition) is 5. The maximum absolute atomic E-state index is 14.9. The minimum Gasteiger partial charge on any atom is -0.365 e. The van der Waals surface area contributed by atoms with E-state index < -0.39 is 28.5 Å². The van der Waals surface area contributed by atoms with Crippen molar-refractivity contribution >= 4 is 17.4 Å². The van der Waals surface area contributed by atoms with E-state index in [2.05, 4.69) is 15.2 Å². The highest BCUT2D eigenvalue weighted by molar-refractivity contribution is 6.03. The Balaban J connectivity index is 1.57. The third-order valence-corrected chi connectivity index (χ3v) is 7.14. The second kappa shape index (κ2) is 9.09. The van der Waals surface area contributed by atoms with Crippen molar-refractivity contribution < 1.29 is 22.4 Å². The Morgan fingerprint density at radius 1 is 1.11 bits per heavy atom. The molecule has 0 bridgehead atoms. The zero-order valence-corrected chi connectivity index (χ0v) is 20.8. The van der Waals surface area contributed by atoms with Gasteiger partial charge in [0, 0.05) is 36.8 Å². The molecule has 37 heavy (non-hydrogen) atoms. The molecule has 10 heteroatoms. The summed E-state index contributed by atoms with van der Waals surface area (Å²) in [7, 11) is 1.94. The summed E-state index contributed by atoms with van der Waals surface area (Å²) in [6.07, 6.45) is 0.547. The number of benzene rings is 2. The van der Waals surface area contributed by atoms with Crippen LogP contribution < -0.4 is 10.2 Å². The monoisotopic (exact) mass is 513 g/mol. The van der Waals surface area contributed by atoms with Crippen molar-refractivity contribution in [2.45, 2.75) is 44.7 Å². The van der Waals surface area contributed by atoms with Crippen LogP contribution in [0.5, 0.6) is 0 Å². The molecule has 1 spiro atoms. The van der Waals surface area contributed by atoms with Crippen LogP contribution in [-0.4, -0.2) is 40.9 Å². The number of fused-ring (bicyclic) bond motifs is 2. The molecule has 1 amide bonds. The summed E-state index contributed by atoms with van der Waals surface area (Å²) < 4.78 is 56.2. The zero-order chi connectivity index (χ0) is 26.5. The van der Waals surface area contributed by atoms with Gasteiger partial charge in [0.05, 0.1) is 17.8 Å². The van der Waals surface area contributed by atoms with Crippen LogP contribution in [0.3, 0.4) is 0 Å². The Morgan fingerprint density at radius 2 is 1.84 bits per heavy atom. The van der Waals surface area contributed by atoms with Crippen LogP contribution in [0, 0.1) is 18.6 Å². The van der Waals surface area contributed by atoms with E-state index in [1.54, 1.807) is 24.0 Å². The molecule has 1 saturated heterocycles. The average molecular weight is 514 g/mol. The molecule has 0 aliphatic carbocycles. The number of aryl methyl sites for hydroxylation is 1. The van der Waals surface area contributed by atoms with E-state index in [9.17, 15) is 22.4 Å². The Bertz CT molecular complexity index is 1360. The first-order valence-corrected chi connectivity index (χ1v) is 12.0. The molecule has 0 radical (unpaired) electrons. The van der Waals surface area contributed by atoms with Gasteiger partial charge < -0.3 is 15.1 Å². The third kappa shape index (κ3) is 4.43. The van der Waals surface area contributed by atoms with Crippen LogP contribution in [0.1, 0.15) is 41.6 Å². The summed E-state index contributed by atoms with van der Waals surface area (Å²) in [6.45, 7) is 3.56. The number of carbonyl (C=O) groups excluding carboxylic acids is 1. The Morgan fingerprint density at radius 3 is 2.49 bits per heavy atom. The minimum atomic E-state index is -3.32. The van der Waals surface area contributed by atoms with Gasteiger partial charge in [0.25, 0.3) is 5.92 Å². The number of likely N-dealkylation sites (tertiary alicyclic amines) is 1. The second-order valence-corrected chi connectivity index (χ2v) is 9.90. The first kappa shape index (κ1) is 25.1. The highest BCUT2D eigenvalue weighted by atomic mass is 19.3. The fraction of sp³-hybridized carbons (Fsp3) is 0.370. The molecule has 5 rings (SSSR count). The highest BCUT2D eigenvalue weighted by Crippen LogP contribution is 2.44. The maximum Gasteiger partial charge on any atom is 0.273 e. The van der Waals surface area contributed by atoms with E-state index in [1.807, 2.05) is 7.05 Å². The molecule has 1 atom stereocenters. The average Bonchev–Trinajstić information content (AvgIpc) is 3.23. The lowest BCUT2D eigenvalue weighted by atomic mass is 9.76. The first-order valence-electron chi connectivity index (χ1n) is 12.0. The van der Waals surface area contributed by atoms with Crippen LogP contribution in [0.15, 0.2) is 42.5 Å². The molecule has 2 aliphatic rings. The molecular formula is C27H27F4N5O. The van der Waals surface area contributed by atoms with Crippen molar-refractivity contribution in [3.05, 3.63) is 82.3 Å². The smallest absolute Gasteiger partial charge is 0.273 e. The second-order valence-electron chi connectivity index (χ2n) is 9.90. The number of rotatable bonds is 5. The van der Waals surface area contributed by atoms with Crippen molar-refractivity contribution in [2.24, 2.45) is 0 Å². The predicted octanol–water partition coefficient (Wildman–Crippen LogP) is 4.91. The molecule has 1 N–H and O–H groups in total. The predicted molar refractivity (Wildman–Crippen MR) is 131 cm³/mol. The van der Waals surface area contributed by atoms with E-state index >= 15 is 0 Å². The number of alkyl halides is 2. The van der Waals surface area contributed by atoms with Gasteiger partial charge in [0.2, 0.25) is 5.91 Å². The standard InChI is InChI=1S/C27H27F4N5O/c1-16-33-23-20(24(34-16)32-13-17-5-4-6-21(22(17)29)26(2,30)31)14-36(19-9-7-18(28)8-10-19)25(37)27(23)11-12-35(3)15-27/h4-10H,11-15H2,1-3H3,(H,32,33,34). The van der Waals surface area contributed by atoms with Gasteiger partial charge in [0.15, 0.2) is 0 Å². The summed E-state index contributed by atoms with van der Waals surface area (Å²) in [5, 5.41) is 3.12. The SMILES string of the molecule is Cc1nc(NCc2cccc(C(C)(F)F)c2F)c2c(n1)C1(CCN(C)C1)C(=O)N(c1ccc(F)cc1)C2. The molecule has 1 fully saturated rings. The fourth-order valence-electron chi connectivity index (χ4n) is 5.31. The summed E-state index contributed by atoms with van der Waals surface area (Å²) in [4.78, 5) is 26.8. The summed E-state index contributed by atoms with van der Waals surface area (Å²) in [5.74, 6) is -3.98. The third-order valence-electron chi connectivity index (χ3n) is 7.14. The van der Waals surface area contributed by atoms with Crippen LogP contribution in [-0.2, 0) is 29.2 Å². The lowest BCUT2D eigenvalue weighted by Crippen LogP contribution is -2.53. The molecule has 1 aromatic heterocycles. The van der Waals surface area contributed by atoms with Gasteiger partial charge in [-0.05, 0) is 51.2 Å². The van der Waals surface area contributed by atoms with E-state index in [4.69, 9.17) is 4.98 Å². The number of amides is 1. The van der Waals surface area contributed by atoms with E-state index in [0.29, 0.717) is 55.0 Å². The number of nitrogens with one attached hydrogen (secondary N) is 1. The van der Waals surface area contributed by atoms with Crippen LogP contribution in [0.25, 0.3) is 0 Å². The number of halogens is 4. The molecule has 3 aromatic rings. The fourth-order valence-corrected chi connectivity index (χ4v) is 5.31. The quantitative estimate of drug-likeness (QED) is 0.492. The Hall–Kier alpha value is -3.53. The van der Waals surface area contributed by atoms with E-state index in [-0.39, 0.29) is 24.6 Å². The van der Waals surface area contributed by atoms with Gasteiger partial charge in [-0.1, -0.05) is 18.2 Å². The maximum atomic E-state index is 14.9. The minimum absolute atomic E-state index is 0.0710. The van der Waals surface area contributed by atoms with Crippen LogP contribution in [0.2, 0.25) is 0 Å². The molecule has 0 saturated carbocycles. The number of anilines is 2. The Kier molecular flexibility index (Phi) is 6.18. The van der Waals surface area contributed by atoms with E-state index in [1.165, 1.54) is 24.3 Å². The number of hydrogen-bond donors (Lipinski definition) is 1. The molecule has 2 aliphatic heterocycles. The Labute approximate surface area is 212 Å². The molecule has 2 aromatic carbocycles. The molecule has 194 valence electrons. The molecule has 6 nitrogen and oxygen atoms in total. The molecule has 1 unspecified atom stereocenters. The number of likely N-dealkylation sites (N-methyl/N-ethyl adjacent to an activating group) is 1. The topological polar surface area (TPSA) is 61.4 Å². The summed E-state index contributed by atoms with van der Waals surface area (Å²) >= 11 is 0. The van der Waals surface area contributed by atoms with Crippen molar-refractivity contribution in [2.75, 3.05) is 30.4 Å². The number of nitrogens with zero attached hydrogens (tertiary/aromatic N) is 4. The summed E-state index contributed by atoms with van der Waals surface area (Å²) in [5.41, 5.74) is 0.305. The van der Waals surface area contributed by atoms with Gasteiger partial charge in [-0.15, -0.1) is 0 Å². The van der Waals surface area contributed by atoms with Crippen molar-refractivity contribution in [3.63, 3.8) is 0 Å². The lowest BCUT2D eigenvalue weighted by Gasteiger charge is -2.40. The van der Waals surface area contributed by atoms with Gasteiger partial charge in [0.1, 0.15) is 28.7 Å². The van der Waals surface area contributed by atoms with Gasteiger partial charge in [-0.25, -0.2) is 27.5 Å². The molecule has 3 heterocycles. The number of aromatic nitrogens is 2. The summed E-state index contributed by atoms with van der Waals surface area (Å²) in [6, 6.07) is 9.62. The van der Waals surface area contributed by atoms with E-state index in [0.717, 1.165) is 6.07 Å². The van der Waals surface area contributed by atoms with Crippen molar-refractivity contribution in [1.82, 2.24) is 14.9 Å². The zero-order valence-electron chi connectivity index (χ0n) is 20.8. The number of carbonyl (C=O) groups is 1. The van der Waals surface area contributed by atoms with Crippen molar-refractivity contribution in [1.29, 1.82) is 0 Å². The van der Waals surface area contributed by atoms with Crippen LogP contribution >= 0.6 is 0 Å². The van der Waals surface area contributed by atoms with Gasteiger partial charge in [-0.3, -0.25) is 4.79 Å². The largest absolute Gasteiger partial charge is 0.365 e. The normalized spacial score (nSPS) is 20.0. The highest BCUT2D eigenvalue weighted by Gasteiger charge is 2.53.